The zero-order chi connectivity index (χ0) is 48.7. The molecule has 0 bridgehead atoms. The first-order chi connectivity index (χ1) is 32.3. The monoisotopic (exact) mass is 654 g/mol. The van der Waals surface area contributed by atoms with Crippen molar-refractivity contribution < 1.29 is 24.7 Å². The van der Waals surface area contributed by atoms with Crippen molar-refractivity contribution >= 4 is 43.6 Å². The quantitative estimate of drug-likeness (QED) is 0.175. The van der Waals surface area contributed by atoms with E-state index in [0.717, 1.165) is 11.1 Å². The van der Waals surface area contributed by atoms with Crippen LogP contribution in [-0.4, -0.2) is 9.13 Å². The van der Waals surface area contributed by atoms with Gasteiger partial charge in [-0.3, -0.25) is 0 Å². The van der Waals surface area contributed by atoms with Crippen molar-refractivity contribution in [1.29, 1.82) is 0 Å². The molecule has 2 aromatic heterocycles. The van der Waals surface area contributed by atoms with Crippen molar-refractivity contribution in [1.82, 2.24) is 9.13 Å². The summed E-state index contributed by atoms with van der Waals surface area (Å²) in [7, 11) is 0. The van der Waals surface area contributed by atoms with Gasteiger partial charge in [0.25, 0.3) is 0 Å². The van der Waals surface area contributed by atoms with Crippen LogP contribution in [0, 0.1) is 0 Å². The molecule has 0 saturated heterocycles. The summed E-state index contributed by atoms with van der Waals surface area (Å²) in [6.45, 7) is 0. The van der Waals surface area contributed by atoms with Crippen LogP contribution >= 0.6 is 0 Å². The number of benzene rings is 8. The van der Waals surface area contributed by atoms with Crippen molar-refractivity contribution in [3.05, 3.63) is 194 Å². The Morgan fingerprint density at radius 3 is 1.34 bits per heavy atom. The number of rotatable bonds is 5. The molecule has 0 atom stereocenters. The number of nitrogens with zero attached hydrogens (tertiary/aromatic N) is 2. The molecule has 50 heavy (non-hydrogen) atoms. The third kappa shape index (κ3) is 4.57. The average molecular weight is 655 g/mol. The van der Waals surface area contributed by atoms with Gasteiger partial charge < -0.3 is 9.13 Å². The minimum Gasteiger partial charge on any atom is -0.309 e. The summed E-state index contributed by atoms with van der Waals surface area (Å²) in [5.74, 6) is 0. The molecule has 0 amide bonds. The van der Waals surface area contributed by atoms with Crippen LogP contribution in [0.1, 0.15) is 24.7 Å². The van der Waals surface area contributed by atoms with Gasteiger partial charge >= 0.3 is 0 Å². The standard InChI is InChI=1S/C48H32N2/c1-3-11-33(12-4-1)35-19-25-39(26-20-35)49-45-17-9-7-15-41(45)43-31-37(23-29-47(43)49)38-24-30-48-44(32-38)42-16-8-10-18-46(42)50(48)40-27-21-36(22-28-40)34-13-5-2-6-14-34/h1-32H/i1D,2D,7D,8D,9D,10D,11D,15D,16D,17D,18D,19D,23D,24D,29D,30D,31D,32D. The molecule has 2 nitrogen and oxygen atoms in total. The van der Waals surface area contributed by atoms with Crippen LogP contribution in [0.15, 0.2) is 194 Å². The normalized spacial score (nSPS) is 16.6. The van der Waals surface area contributed by atoms with Crippen molar-refractivity contribution in [3.8, 4) is 44.8 Å². The van der Waals surface area contributed by atoms with Crippen molar-refractivity contribution in [2.75, 3.05) is 0 Å². The van der Waals surface area contributed by atoms with Gasteiger partial charge in [-0.25, -0.2) is 0 Å². The van der Waals surface area contributed by atoms with Gasteiger partial charge in [-0.05, 0) is 93.9 Å². The fourth-order valence-corrected chi connectivity index (χ4v) is 6.42. The summed E-state index contributed by atoms with van der Waals surface area (Å²) in [6.07, 6.45) is 0. The number of hydrogen-bond acceptors (Lipinski definition) is 0. The zero-order valence-corrected chi connectivity index (χ0v) is 26.0. The van der Waals surface area contributed by atoms with Gasteiger partial charge in [0.05, 0.1) is 46.7 Å². The number of para-hydroxylation sites is 2. The molecule has 0 unspecified atom stereocenters. The highest BCUT2D eigenvalue weighted by Crippen LogP contribution is 2.38. The molecule has 0 fully saturated rings. The van der Waals surface area contributed by atoms with Crippen molar-refractivity contribution in [2.45, 2.75) is 0 Å². The Labute approximate surface area is 316 Å². The molecule has 0 aliphatic rings. The van der Waals surface area contributed by atoms with E-state index in [0.29, 0.717) is 22.9 Å². The first kappa shape index (κ1) is 15.7. The minimum absolute atomic E-state index is 0.00720. The van der Waals surface area contributed by atoms with Crippen LogP contribution in [-0.2, 0) is 0 Å². The molecule has 0 N–H and O–H groups in total. The SMILES string of the molecule is [2H]c1ccc(-c2ccc(-n3c4c([2H])c([2H])c([2H])c([2H])c4c4c([2H])c(-c5c([2H])c([2H])c6c(c5[2H])c5c([2H])c([2H])c([2H])c([2H])c5n6-c5ccc(-c6ccc([2H])cc6[2H])c([2H])c5)c([2H])c([2H])c43)cc2)cc1. The van der Waals surface area contributed by atoms with Crippen LogP contribution in [0.25, 0.3) is 88.4 Å². The molecule has 2 heterocycles. The highest BCUT2D eigenvalue weighted by molar-refractivity contribution is 6.12. The second kappa shape index (κ2) is 11.5. The number of fused-ring (bicyclic) bond motifs is 6. The van der Waals surface area contributed by atoms with Gasteiger partial charge in [-0.15, -0.1) is 0 Å². The third-order valence-corrected chi connectivity index (χ3v) is 8.74. The Kier molecular flexibility index (Phi) is 3.62. The molecule has 0 aliphatic carbocycles. The van der Waals surface area contributed by atoms with Crippen LogP contribution in [0.2, 0.25) is 0 Å². The Hall–Kier alpha value is -6.64. The van der Waals surface area contributed by atoms with E-state index in [4.69, 9.17) is 16.4 Å². The largest absolute Gasteiger partial charge is 0.309 e. The van der Waals surface area contributed by atoms with E-state index >= 15 is 0 Å². The van der Waals surface area contributed by atoms with E-state index in [2.05, 4.69) is 0 Å². The number of hydrogen-bond donors (Lipinski definition) is 0. The summed E-state index contributed by atoms with van der Waals surface area (Å²) in [5, 5.41) is -0.829. The van der Waals surface area contributed by atoms with Gasteiger partial charge in [0.2, 0.25) is 0 Å². The molecular formula is C48H32N2. The Balaban J connectivity index is 1.29. The molecule has 0 saturated carbocycles. The van der Waals surface area contributed by atoms with Crippen molar-refractivity contribution in [2.24, 2.45) is 0 Å². The lowest BCUT2D eigenvalue weighted by molar-refractivity contribution is 1.18. The zero-order valence-electron chi connectivity index (χ0n) is 44.0. The first-order valence-corrected chi connectivity index (χ1v) is 15.7. The molecule has 0 radical (unpaired) electrons. The molecule has 0 spiro atoms. The van der Waals surface area contributed by atoms with E-state index in [1.165, 1.54) is 45.5 Å². The van der Waals surface area contributed by atoms with E-state index in [-0.39, 0.29) is 67.4 Å². The second-order valence-corrected chi connectivity index (χ2v) is 11.6. The lowest BCUT2D eigenvalue weighted by Gasteiger charge is -2.11. The molecule has 0 aliphatic heterocycles. The summed E-state index contributed by atoms with van der Waals surface area (Å²) >= 11 is 0. The first-order valence-electron chi connectivity index (χ1n) is 24.7. The summed E-state index contributed by atoms with van der Waals surface area (Å²) in [5.41, 5.74) is 1.02. The molecule has 10 aromatic rings. The molecule has 2 heteroatoms. The molecule has 8 aromatic carbocycles. The van der Waals surface area contributed by atoms with Crippen LogP contribution in [0.5, 0.6) is 0 Å². The maximum Gasteiger partial charge on any atom is 0.0645 e. The number of aromatic nitrogens is 2. The van der Waals surface area contributed by atoms with E-state index in [9.17, 15) is 8.22 Å². The summed E-state index contributed by atoms with van der Waals surface area (Å²) in [4.78, 5) is 0. The van der Waals surface area contributed by atoms with Gasteiger partial charge in [-0.1, -0.05) is 133 Å². The van der Waals surface area contributed by atoms with Gasteiger partial charge in [0, 0.05) is 32.9 Å². The molecule has 234 valence electrons. The smallest absolute Gasteiger partial charge is 0.0645 e. The van der Waals surface area contributed by atoms with Gasteiger partial charge in [-0.2, -0.15) is 0 Å². The third-order valence-electron chi connectivity index (χ3n) is 8.74. The van der Waals surface area contributed by atoms with Crippen molar-refractivity contribution in [3.63, 3.8) is 0 Å². The lowest BCUT2D eigenvalue weighted by Crippen LogP contribution is -1.94. The maximum atomic E-state index is 9.80. The topological polar surface area (TPSA) is 9.86 Å². The second-order valence-electron chi connectivity index (χ2n) is 11.6. The van der Waals surface area contributed by atoms with E-state index in [1.807, 2.05) is 0 Å². The lowest BCUT2D eigenvalue weighted by atomic mass is 10.0. The van der Waals surface area contributed by atoms with Crippen LogP contribution in [0.4, 0.5) is 0 Å². The van der Waals surface area contributed by atoms with E-state index < -0.39 is 95.7 Å². The maximum absolute atomic E-state index is 9.80. The van der Waals surface area contributed by atoms with Gasteiger partial charge in [0.1, 0.15) is 0 Å². The molecular weight excluding hydrogens is 605 g/mol. The van der Waals surface area contributed by atoms with Crippen LogP contribution < -0.4 is 0 Å². The predicted molar refractivity (Wildman–Crippen MR) is 211 cm³/mol. The van der Waals surface area contributed by atoms with E-state index in [1.54, 1.807) is 48.5 Å². The fraction of sp³-hybridized carbons (Fsp3) is 0. The highest BCUT2D eigenvalue weighted by atomic mass is 15.0. The average Bonchev–Trinajstić information content (AvgIpc) is 3.87. The molecule has 10 rings (SSSR count). The van der Waals surface area contributed by atoms with Crippen LogP contribution in [0.3, 0.4) is 0 Å². The minimum atomic E-state index is -0.709. The summed E-state index contributed by atoms with van der Waals surface area (Å²) in [6, 6.07) is 14.1. The Bertz CT molecular complexity index is 3870. The Morgan fingerprint density at radius 2 is 0.760 bits per heavy atom. The summed E-state index contributed by atoms with van der Waals surface area (Å²) < 4.78 is 164. The fourth-order valence-electron chi connectivity index (χ4n) is 6.42. The van der Waals surface area contributed by atoms with Gasteiger partial charge in [0.15, 0.2) is 0 Å². The predicted octanol–water partition coefficient (Wildman–Crippen LogP) is 12.9. The Morgan fingerprint density at radius 1 is 0.300 bits per heavy atom. The highest BCUT2D eigenvalue weighted by Gasteiger charge is 2.16.